The van der Waals surface area contributed by atoms with Crippen LogP contribution in [0.25, 0.3) is 6.08 Å². The van der Waals surface area contributed by atoms with Crippen molar-refractivity contribution in [3.8, 4) is 0 Å². The van der Waals surface area contributed by atoms with Crippen LogP contribution in [0, 0.1) is 6.92 Å². The lowest BCUT2D eigenvalue weighted by molar-refractivity contribution is -0.111. The SMILES string of the molecule is Cc1ccccc1/C=C/C(=O)Nc1ccccc1NC(=O)c1cccnc1. The fourth-order valence-electron chi connectivity index (χ4n) is 2.51. The van der Waals surface area contributed by atoms with Gasteiger partial charge in [0.25, 0.3) is 5.91 Å². The summed E-state index contributed by atoms with van der Waals surface area (Å²) in [4.78, 5) is 28.5. The number of nitrogens with zero attached hydrogens (tertiary/aromatic N) is 1. The molecule has 0 spiro atoms. The molecule has 0 aliphatic carbocycles. The number of carbonyl (C=O) groups excluding carboxylic acids is 2. The second-order valence-corrected chi connectivity index (χ2v) is 5.92. The topological polar surface area (TPSA) is 71.1 Å². The summed E-state index contributed by atoms with van der Waals surface area (Å²) in [5, 5.41) is 5.60. The Balaban J connectivity index is 1.71. The molecule has 0 saturated carbocycles. The summed E-state index contributed by atoms with van der Waals surface area (Å²) in [5.41, 5.74) is 3.55. The Labute approximate surface area is 157 Å². The molecule has 2 amide bonds. The quantitative estimate of drug-likeness (QED) is 0.669. The Bertz CT molecular complexity index is 982. The van der Waals surface area contributed by atoms with Crippen molar-refractivity contribution in [1.82, 2.24) is 4.98 Å². The third-order valence-corrected chi connectivity index (χ3v) is 3.96. The molecule has 0 atom stereocenters. The number of para-hydroxylation sites is 2. The van der Waals surface area contributed by atoms with Crippen LogP contribution < -0.4 is 10.6 Å². The highest BCUT2D eigenvalue weighted by Crippen LogP contribution is 2.22. The zero-order valence-electron chi connectivity index (χ0n) is 14.8. The van der Waals surface area contributed by atoms with Crippen LogP contribution in [-0.2, 0) is 4.79 Å². The number of aromatic nitrogens is 1. The first-order chi connectivity index (χ1) is 13.1. The zero-order chi connectivity index (χ0) is 19.1. The summed E-state index contributed by atoms with van der Waals surface area (Å²) < 4.78 is 0. The lowest BCUT2D eigenvalue weighted by Gasteiger charge is -2.11. The first-order valence-electron chi connectivity index (χ1n) is 8.48. The molecule has 3 rings (SSSR count). The second-order valence-electron chi connectivity index (χ2n) is 5.92. The number of rotatable bonds is 5. The van der Waals surface area contributed by atoms with Gasteiger partial charge in [-0.2, -0.15) is 0 Å². The summed E-state index contributed by atoms with van der Waals surface area (Å²) >= 11 is 0. The summed E-state index contributed by atoms with van der Waals surface area (Å²) in [6.45, 7) is 1.99. The van der Waals surface area contributed by atoms with E-state index in [1.165, 1.54) is 12.3 Å². The van der Waals surface area contributed by atoms with E-state index in [2.05, 4.69) is 15.6 Å². The van der Waals surface area contributed by atoms with Crippen molar-refractivity contribution < 1.29 is 9.59 Å². The van der Waals surface area contributed by atoms with Gasteiger partial charge in [-0.1, -0.05) is 36.4 Å². The van der Waals surface area contributed by atoms with Gasteiger partial charge < -0.3 is 10.6 Å². The summed E-state index contributed by atoms with van der Waals surface area (Å²) in [7, 11) is 0. The van der Waals surface area contributed by atoms with Crippen LogP contribution in [0.2, 0.25) is 0 Å². The van der Waals surface area contributed by atoms with Gasteiger partial charge in [0.2, 0.25) is 5.91 Å². The van der Waals surface area contributed by atoms with Crippen molar-refractivity contribution in [1.29, 1.82) is 0 Å². The molecule has 5 nitrogen and oxygen atoms in total. The van der Waals surface area contributed by atoms with Crippen molar-refractivity contribution in [2.45, 2.75) is 6.92 Å². The van der Waals surface area contributed by atoms with E-state index in [1.54, 1.807) is 48.7 Å². The molecule has 0 unspecified atom stereocenters. The van der Waals surface area contributed by atoms with Gasteiger partial charge in [0, 0.05) is 18.5 Å². The maximum Gasteiger partial charge on any atom is 0.257 e. The average Bonchev–Trinajstić information content (AvgIpc) is 2.69. The van der Waals surface area contributed by atoms with E-state index in [0.717, 1.165) is 11.1 Å². The van der Waals surface area contributed by atoms with Crippen LogP contribution >= 0.6 is 0 Å². The van der Waals surface area contributed by atoms with Gasteiger partial charge in [-0.25, -0.2) is 0 Å². The number of carbonyl (C=O) groups is 2. The molecule has 1 heterocycles. The molecule has 1 aromatic heterocycles. The first-order valence-corrected chi connectivity index (χ1v) is 8.48. The van der Waals surface area contributed by atoms with Crippen LogP contribution in [-0.4, -0.2) is 16.8 Å². The van der Waals surface area contributed by atoms with E-state index in [4.69, 9.17) is 0 Å². The van der Waals surface area contributed by atoms with E-state index in [-0.39, 0.29) is 11.8 Å². The molecule has 0 radical (unpaired) electrons. The number of nitrogens with one attached hydrogen (secondary N) is 2. The molecular formula is C22H19N3O2. The Morgan fingerprint density at radius 2 is 1.59 bits per heavy atom. The van der Waals surface area contributed by atoms with Gasteiger partial charge in [0.05, 0.1) is 16.9 Å². The molecule has 0 aliphatic rings. The van der Waals surface area contributed by atoms with Gasteiger partial charge in [0.1, 0.15) is 0 Å². The van der Waals surface area contributed by atoms with Gasteiger partial charge >= 0.3 is 0 Å². The predicted molar refractivity (Wildman–Crippen MR) is 107 cm³/mol. The fourth-order valence-corrected chi connectivity index (χ4v) is 2.51. The molecule has 27 heavy (non-hydrogen) atoms. The third-order valence-electron chi connectivity index (χ3n) is 3.96. The van der Waals surface area contributed by atoms with Crippen LogP contribution in [0.3, 0.4) is 0 Å². The first kappa shape index (κ1) is 18.1. The molecule has 134 valence electrons. The number of hydrogen-bond donors (Lipinski definition) is 2. The van der Waals surface area contributed by atoms with Gasteiger partial charge in [-0.3, -0.25) is 14.6 Å². The van der Waals surface area contributed by atoms with Crippen molar-refractivity contribution in [2.75, 3.05) is 10.6 Å². The van der Waals surface area contributed by atoms with Crippen molar-refractivity contribution in [2.24, 2.45) is 0 Å². The minimum atomic E-state index is -0.291. The van der Waals surface area contributed by atoms with Crippen LogP contribution in [0.4, 0.5) is 11.4 Å². The maximum atomic E-state index is 12.3. The number of hydrogen-bond acceptors (Lipinski definition) is 3. The normalized spacial score (nSPS) is 10.6. The van der Waals surface area contributed by atoms with E-state index < -0.39 is 0 Å². The molecule has 2 aromatic carbocycles. The van der Waals surface area contributed by atoms with E-state index >= 15 is 0 Å². The Kier molecular flexibility index (Phi) is 5.74. The summed E-state index contributed by atoms with van der Waals surface area (Å²) in [5.74, 6) is -0.568. The van der Waals surface area contributed by atoms with Crippen LogP contribution in [0.5, 0.6) is 0 Å². The van der Waals surface area contributed by atoms with Gasteiger partial charge in [-0.15, -0.1) is 0 Å². The number of aryl methyl sites for hydroxylation is 1. The predicted octanol–water partition coefficient (Wildman–Crippen LogP) is 4.29. The van der Waals surface area contributed by atoms with Crippen molar-refractivity contribution >= 4 is 29.3 Å². The number of benzene rings is 2. The smallest absolute Gasteiger partial charge is 0.257 e. The highest BCUT2D eigenvalue weighted by atomic mass is 16.2. The minimum absolute atomic E-state index is 0.277. The monoisotopic (exact) mass is 357 g/mol. The Hall–Kier alpha value is -3.73. The number of amides is 2. The molecule has 0 bridgehead atoms. The minimum Gasteiger partial charge on any atom is -0.321 e. The molecule has 0 fully saturated rings. The fraction of sp³-hybridized carbons (Fsp3) is 0.0455. The maximum absolute atomic E-state index is 12.3. The Morgan fingerprint density at radius 1 is 0.889 bits per heavy atom. The Morgan fingerprint density at radius 3 is 2.30 bits per heavy atom. The van der Waals surface area contributed by atoms with E-state index in [1.807, 2.05) is 31.2 Å². The summed E-state index contributed by atoms with van der Waals surface area (Å²) in [6.07, 6.45) is 6.33. The van der Waals surface area contributed by atoms with Crippen LogP contribution in [0.1, 0.15) is 21.5 Å². The van der Waals surface area contributed by atoms with E-state index in [0.29, 0.717) is 16.9 Å². The largest absolute Gasteiger partial charge is 0.321 e. The van der Waals surface area contributed by atoms with Crippen molar-refractivity contribution in [3.63, 3.8) is 0 Å². The third kappa shape index (κ3) is 4.89. The van der Waals surface area contributed by atoms with Gasteiger partial charge in [0.15, 0.2) is 0 Å². The van der Waals surface area contributed by atoms with Crippen LogP contribution in [0.15, 0.2) is 79.1 Å². The molecule has 0 saturated heterocycles. The number of anilines is 2. The number of pyridine rings is 1. The van der Waals surface area contributed by atoms with Gasteiger partial charge in [-0.05, 0) is 48.4 Å². The zero-order valence-corrected chi connectivity index (χ0v) is 14.8. The molecule has 2 N–H and O–H groups in total. The molecular weight excluding hydrogens is 338 g/mol. The molecule has 5 heteroatoms. The molecule has 3 aromatic rings. The van der Waals surface area contributed by atoms with Crippen molar-refractivity contribution in [3.05, 3.63) is 95.8 Å². The highest BCUT2D eigenvalue weighted by Gasteiger charge is 2.10. The second kappa shape index (κ2) is 8.58. The van der Waals surface area contributed by atoms with E-state index in [9.17, 15) is 9.59 Å². The molecule has 0 aliphatic heterocycles. The lowest BCUT2D eigenvalue weighted by atomic mass is 10.1. The standard InChI is InChI=1S/C22H19N3O2/c1-16-7-2-3-8-17(16)12-13-21(26)24-19-10-4-5-11-20(19)25-22(27)18-9-6-14-23-15-18/h2-15H,1H3,(H,24,26)(H,25,27)/b13-12+. The highest BCUT2D eigenvalue weighted by molar-refractivity contribution is 6.09. The average molecular weight is 357 g/mol. The summed E-state index contributed by atoms with van der Waals surface area (Å²) in [6, 6.07) is 18.2. The lowest BCUT2D eigenvalue weighted by Crippen LogP contribution is -2.15.